The van der Waals surface area contributed by atoms with Crippen LogP contribution in [0, 0.1) is 0 Å². The summed E-state index contributed by atoms with van der Waals surface area (Å²) in [4.78, 5) is 0. The molecule has 0 heterocycles. The van der Waals surface area contributed by atoms with Crippen LogP contribution in [0.2, 0.25) is 15.1 Å². The van der Waals surface area contributed by atoms with Crippen LogP contribution in [0.5, 0.6) is 5.75 Å². The number of hydrogen-bond acceptors (Lipinski definition) is 2. The van der Waals surface area contributed by atoms with Crippen molar-refractivity contribution in [2.45, 2.75) is 12.8 Å². The van der Waals surface area contributed by atoms with Crippen molar-refractivity contribution in [3.05, 3.63) is 75.4 Å². The molecule has 2 aromatic rings. The number of aliphatic hydroxyl groups excluding tert-OH is 1. The molecular formula is C16H15Cl3O2. The Morgan fingerprint density at radius 3 is 2.00 bits per heavy atom. The molecule has 0 aliphatic heterocycles. The van der Waals surface area contributed by atoms with E-state index < -0.39 is 0 Å². The van der Waals surface area contributed by atoms with E-state index in [0.717, 1.165) is 5.56 Å². The number of allylic oxidation sites excluding steroid dienone is 1. The Hall–Kier alpha value is -1.35. The molecule has 0 aliphatic rings. The van der Waals surface area contributed by atoms with Crippen molar-refractivity contribution in [1.82, 2.24) is 0 Å². The molecule has 0 amide bonds. The second-order valence-corrected chi connectivity index (χ2v) is 5.63. The number of aromatic hydroxyl groups is 1. The minimum Gasteiger partial charge on any atom is -0.513 e. The minimum absolute atomic E-state index is 0.177. The van der Waals surface area contributed by atoms with Crippen molar-refractivity contribution < 1.29 is 10.2 Å². The largest absolute Gasteiger partial charge is 0.513 e. The summed E-state index contributed by atoms with van der Waals surface area (Å²) in [7, 11) is 0. The van der Waals surface area contributed by atoms with Gasteiger partial charge in [0.15, 0.2) is 0 Å². The summed E-state index contributed by atoms with van der Waals surface area (Å²) >= 11 is 17.1. The molecule has 5 heteroatoms. The van der Waals surface area contributed by atoms with E-state index in [9.17, 15) is 0 Å². The van der Waals surface area contributed by atoms with E-state index in [-0.39, 0.29) is 11.5 Å². The number of phenols is 1. The zero-order valence-electron chi connectivity index (χ0n) is 11.2. The molecule has 0 atom stereocenters. The number of rotatable bonds is 3. The van der Waals surface area contributed by atoms with Gasteiger partial charge in [-0.3, -0.25) is 0 Å². The molecule has 0 unspecified atom stereocenters. The van der Waals surface area contributed by atoms with Gasteiger partial charge in [0.2, 0.25) is 0 Å². The molecule has 0 saturated carbocycles. The van der Waals surface area contributed by atoms with E-state index >= 15 is 0 Å². The van der Waals surface area contributed by atoms with Gasteiger partial charge in [0.05, 0.1) is 5.76 Å². The molecule has 2 nitrogen and oxygen atoms in total. The van der Waals surface area contributed by atoms with Gasteiger partial charge in [-0.05, 0) is 48.4 Å². The van der Waals surface area contributed by atoms with Crippen LogP contribution in [0.4, 0.5) is 0 Å². The molecule has 0 radical (unpaired) electrons. The summed E-state index contributed by atoms with van der Waals surface area (Å²) in [6.45, 7) is 3.40. The highest BCUT2D eigenvalue weighted by atomic mass is 35.5. The first-order chi connectivity index (χ1) is 9.86. The Morgan fingerprint density at radius 1 is 0.952 bits per heavy atom. The lowest BCUT2D eigenvalue weighted by Crippen LogP contribution is -1.87. The third kappa shape index (κ3) is 7.86. The van der Waals surface area contributed by atoms with E-state index in [1.54, 1.807) is 24.3 Å². The van der Waals surface area contributed by atoms with Crippen molar-refractivity contribution in [1.29, 1.82) is 0 Å². The number of hydrogen-bond donors (Lipinski definition) is 2. The van der Waals surface area contributed by atoms with E-state index in [1.807, 2.05) is 12.1 Å². The second-order valence-electron chi connectivity index (χ2n) is 4.32. The first-order valence-electron chi connectivity index (χ1n) is 6.13. The van der Waals surface area contributed by atoms with Crippen molar-refractivity contribution in [3.8, 4) is 5.75 Å². The zero-order chi connectivity index (χ0) is 15.8. The van der Waals surface area contributed by atoms with Crippen LogP contribution < -0.4 is 0 Å². The lowest BCUT2D eigenvalue weighted by Gasteiger charge is -2.02. The van der Waals surface area contributed by atoms with Gasteiger partial charge < -0.3 is 10.2 Å². The fraction of sp³-hybridized carbons (Fsp3) is 0.125. The molecular weight excluding hydrogens is 331 g/mol. The molecule has 2 rings (SSSR count). The van der Waals surface area contributed by atoms with Crippen LogP contribution >= 0.6 is 34.8 Å². The molecule has 2 aromatic carbocycles. The van der Waals surface area contributed by atoms with Crippen LogP contribution in [0.15, 0.2) is 54.8 Å². The summed E-state index contributed by atoms with van der Waals surface area (Å²) in [5.41, 5.74) is 1.01. The number of aliphatic hydroxyl groups is 1. The zero-order valence-corrected chi connectivity index (χ0v) is 13.5. The molecule has 0 aromatic heterocycles. The Bertz CT molecular complexity index is 575. The maximum Gasteiger partial charge on any atom is 0.117 e. The average Bonchev–Trinajstić information content (AvgIpc) is 2.35. The predicted molar refractivity (Wildman–Crippen MR) is 89.7 cm³/mol. The van der Waals surface area contributed by atoms with Crippen LogP contribution in [-0.2, 0) is 6.42 Å². The Morgan fingerprint density at radius 2 is 1.57 bits per heavy atom. The van der Waals surface area contributed by atoms with Gasteiger partial charge in [-0.1, -0.05) is 47.4 Å². The maximum atomic E-state index is 8.89. The molecule has 0 spiro atoms. The second kappa shape index (κ2) is 8.83. The average molecular weight is 346 g/mol. The molecule has 0 bridgehead atoms. The summed E-state index contributed by atoms with van der Waals surface area (Å²) in [6.07, 6.45) is 1.24. The Balaban J connectivity index is 0.000000235. The van der Waals surface area contributed by atoms with Crippen molar-refractivity contribution in [3.63, 3.8) is 0 Å². The molecule has 0 fully saturated rings. The number of benzene rings is 2. The van der Waals surface area contributed by atoms with E-state index in [2.05, 4.69) is 6.58 Å². The fourth-order valence-corrected chi connectivity index (χ4v) is 2.28. The van der Waals surface area contributed by atoms with Gasteiger partial charge in [0, 0.05) is 21.5 Å². The summed E-state index contributed by atoms with van der Waals surface area (Å²) in [5.74, 6) is 0.383. The highest BCUT2D eigenvalue weighted by molar-refractivity contribution is 6.34. The standard InChI is InChI=1S/C10H10Cl2O.C6H5ClO/c1-7(13)2-3-8-4-9(11)6-10(12)5-8;7-5-2-1-3-6(8)4-5/h4-6,13H,1-3H2;1-4,8H. The minimum atomic E-state index is 0.177. The van der Waals surface area contributed by atoms with Crippen molar-refractivity contribution >= 4 is 34.8 Å². The summed E-state index contributed by atoms with van der Waals surface area (Å²) in [6, 6.07) is 11.8. The topological polar surface area (TPSA) is 40.5 Å². The lowest BCUT2D eigenvalue weighted by atomic mass is 10.1. The summed E-state index contributed by atoms with van der Waals surface area (Å²) in [5, 5.41) is 19.4. The van der Waals surface area contributed by atoms with Crippen LogP contribution in [0.1, 0.15) is 12.0 Å². The highest BCUT2D eigenvalue weighted by Gasteiger charge is 1.99. The Kier molecular flexibility index (Phi) is 7.44. The van der Waals surface area contributed by atoms with Gasteiger partial charge in [-0.2, -0.15) is 0 Å². The van der Waals surface area contributed by atoms with Gasteiger partial charge in [-0.25, -0.2) is 0 Å². The van der Waals surface area contributed by atoms with Gasteiger partial charge in [-0.15, -0.1) is 0 Å². The third-order valence-corrected chi connectivity index (χ3v) is 3.10. The molecule has 112 valence electrons. The van der Waals surface area contributed by atoms with Gasteiger partial charge in [0.1, 0.15) is 5.75 Å². The van der Waals surface area contributed by atoms with Gasteiger partial charge in [0.25, 0.3) is 0 Å². The van der Waals surface area contributed by atoms with Crippen LogP contribution in [0.3, 0.4) is 0 Å². The maximum absolute atomic E-state index is 8.89. The molecule has 2 N–H and O–H groups in total. The van der Waals surface area contributed by atoms with E-state index in [0.29, 0.717) is 27.9 Å². The van der Waals surface area contributed by atoms with Crippen molar-refractivity contribution in [2.75, 3.05) is 0 Å². The fourth-order valence-electron chi connectivity index (χ4n) is 1.52. The molecule has 0 aliphatic carbocycles. The van der Waals surface area contributed by atoms with Crippen molar-refractivity contribution in [2.24, 2.45) is 0 Å². The van der Waals surface area contributed by atoms with E-state index in [4.69, 9.17) is 45.0 Å². The summed E-state index contributed by atoms with van der Waals surface area (Å²) < 4.78 is 0. The normalized spacial score (nSPS) is 9.67. The quantitative estimate of drug-likeness (QED) is 0.665. The SMILES string of the molecule is C=C(O)CCc1cc(Cl)cc(Cl)c1.Oc1cccc(Cl)c1. The van der Waals surface area contributed by atoms with Crippen LogP contribution in [-0.4, -0.2) is 10.2 Å². The number of halogens is 3. The first kappa shape index (κ1) is 17.7. The van der Waals surface area contributed by atoms with E-state index in [1.165, 1.54) is 6.07 Å². The molecule has 0 saturated heterocycles. The number of aryl methyl sites for hydroxylation is 1. The predicted octanol–water partition coefficient (Wildman–Crippen LogP) is 6.04. The number of phenolic OH excluding ortho intramolecular Hbond substituents is 1. The Labute approximate surface area is 139 Å². The first-order valence-corrected chi connectivity index (χ1v) is 7.26. The lowest BCUT2D eigenvalue weighted by molar-refractivity contribution is 0.391. The third-order valence-electron chi connectivity index (χ3n) is 2.43. The van der Waals surface area contributed by atoms with Gasteiger partial charge >= 0.3 is 0 Å². The monoisotopic (exact) mass is 344 g/mol. The molecule has 21 heavy (non-hydrogen) atoms. The highest BCUT2D eigenvalue weighted by Crippen LogP contribution is 2.20. The van der Waals surface area contributed by atoms with Crippen LogP contribution in [0.25, 0.3) is 0 Å². The smallest absolute Gasteiger partial charge is 0.117 e.